The van der Waals surface area contributed by atoms with E-state index in [2.05, 4.69) is 0 Å². The Kier molecular flexibility index (Phi) is 5.86. The lowest BCUT2D eigenvalue weighted by Crippen LogP contribution is -2.44. The van der Waals surface area contributed by atoms with Crippen molar-refractivity contribution in [3.63, 3.8) is 0 Å². The van der Waals surface area contributed by atoms with Crippen molar-refractivity contribution in [3.8, 4) is 0 Å². The summed E-state index contributed by atoms with van der Waals surface area (Å²) in [7, 11) is -1.01. The first kappa shape index (κ1) is 18.0. The number of benzene rings is 2. The van der Waals surface area contributed by atoms with Crippen LogP contribution >= 0.6 is 0 Å². The Labute approximate surface area is 153 Å². The summed E-state index contributed by atoms with van der Waals surface area (Å²) in [4.78, 5) is 26.2. The fraction of sp³-hybridized carbons (Fsp3) is 0.200. The standard InChI is InChI=1S/C20H20BNO4/c1-16(18-10-6-3-7-11-18)22-14-19(23)25-21(26-20(24)15-22)13-12-17-8-4-2-5-9-17/h2-13,16H,14-15H2,1H3/b13-12+/t16-/m0/s1. The first-order chi connectivity index (χ1) is 12.6. The van der Waals surface area contributed by atoms with Gasteiger partial charge in [0.1, 0.15) is 0 Å². The molecule has 132 valence electrons. The van der Waals surface area contributed by atoms with Crippen molar-refractivity contribution < 1.29 is 18.9 Å². The molecular formula is C20H20BNO4. The van der Waals surface area contributed by atoms with Crippen molar-refractivity contribution in [1.29, 1.82) is 0 Å². The van der Waals surface area contributed by atoms with Crippen molar-refractivity contribution in [2.45, 2.75) is 13.0 Å². The predicted molar refractivity (Wildman–Crippen MR) is 99.8 cm³/mol. The first-order valence-corrected chi connectivity index (χ1v) is 8.53. The van der Waals surface area contributed by atoms with Crippen LogP contribution < -0.4 is 0 Å². The van der Waals surface area contributed by atoms with E-state index in [1.54, 1.807) is 17.0 Å². The van der Waals surface area contributed by atoms with Gasteiger partial charge in [-0.2, -0.15) is 0 Å². The Balaban J connectivity index is 1.67. The molecule has 0 unspecified atom stereocenters. The molecule has 2 aromatic carbocycles. The molecule has 1 atom stereocenters. The summed E-state index contributed by atoms with van der Waals surface area (Å²) in [6.45, 7) is 2.01. The Morgan fingerprint density at radius 2 is 1.46 bits per heavy atom. The molecule has 0 spiro atoms. The molecule has 2 aromatic rings. The van der Waals surface area contributed by atoms with Crippen molar-refractivity contribution in [2.24, 2.45) is 0 Å². The topological polar surface area (TPSA) is 55.8 Å². The van der Waals surface area contributed by atoms with E-state index in [-0.39, 0.29) is 19.1 Å². The third kappa shape index (κ3) is 4.83. The third-order valence-corrected chi connectivity index (χ3v) is 4.23. The first-order valence-electron chi connectivity index (χ1n) is 8.53. The molecule has 0 N–H and O–H groups in total. The second-order valence-corrected chi connectivity index (χ2v) is 6.11. The van der Waals surface area contributed by atoms with Crippen LogP contribution in [0.25, 0.3) is 6.08 Å². The van der Waals surface area contributed by atoms with Crippen LogP contribution in [0.4, 0.5) is 0 Å². The third-order valence-electron chi connectivity index (χ3n) is 4.23. The molecule has 5 nitrogen and oxygen atoms in total. The molecular weight excluding hydrogens is 329 g/mol. The summed E-state index contributed by atoms with van der Waals surface area (Å²) >= 11 is 0. The summed E-state index contributed by atoms with van der Waals surface area (Å²) in [5, 5.41) is 0. The molecule has 0 radical (unpaired) electrons. The molecule has 1 saturated heterocycles. The van der Waals surface area contributed by atoms with E-state index < -0.39 is 19.1 Å². The fourth-order valence-corrected chi connectivity index (χ4v) is 2.79. The molecule has 0 aromatic heterocycles. The molecule has 0 saturated carbocycles. The highest BCUT2D eigenvalue weighted by molar-refractivity contribution is 6.55. The highest BCUT2D eigenvalue weighted by Gasteiger charge is 2.32. The molecule has 1 aliphatic heterocycles. The maximum Gasteiger partial charge on any atom is 0.628 e. The quantitative estimate of drug-likeness (QED) is 0.795. The number of hydrogen-bond acceptors (Lipinski definition) is 5. The molecule has 0 bridgehead atoms. The van der Waals surface area contributed by atoms with E-state index in [1.165, 1.54) is 0 Å². The molecule has 26 heavy (non-hydrogen) atoms. The van der Waals surface area contributed by atoms with Crippen molar-refractivity contribution in [1.82, 2.24) is 4.90 Å². The molecule has 0 amide bonds. The summed E-state index contributed by atoms with van der Waals surface area (Å²) in [6, 6.07) is 19.1. The number of carbonyl (C=O) groups is 2. The van der Waals surface area contributed by atoms with Crippen LogP contribution in [0.2, 0.25) is 0 Å². The maximum atomic E-state index is 12.2. The molecule has 1 aliphatic rings. The lowest BCUT2D eigenvalue weighted by atomic mass is 9.88. The van der Waals surface area contributed by atoms with Crippen LogP contribution in [-0.4, -0.2) is 37.0 Å². The average molecular weight is 349 g/mol. The van der Waals surface area contributed by atoms with E-state index in [9.17, 15) is 9.59 Å². The van der Waals surface area contributed by atoms with Gasteiger partial charge in [-0.25, -0.2) is 0 Å². The number of rotatable bonds is 4. The summed E-state index contributed by atoms with van der Waals surface area (Å²) in [5.74, 6) is 0.715. The van der Waals surface area contributed by atoms with Crippen LogP contribution in [0.15, 0.2) is 66.6 Å². The van der Waals surface area contributed by atoms with Gasteiger partial charge in [0.2, 0.25) is 0 Å². The summed E-state index contributed by atoms with van der Waals surface area (Å²) in [5.41, 5.74) is 1.95. The smallest absolute Gasteiger partial charge is 0.495 e. The van der Waals surface area contributed by atoms with Gasteiger partial charge in [-0.05, 0) is 24.0 Å². The van der Waals surface area contributed by atoms with Gasteiger partial charge in [0.15, 0.2) is 0 Å². The van der Waals surface area contributed by atoms with Crippen molar-refractivity contribution >= 4 is 25.1 Å². The second kappa shape index (κ2) is 8.49. The monoisotopic (exact) mass is 349 g/mol. The SMILES string of the molecule is C[C@@H](c1ccccc1)N1CC(=O)OB(/C=C/c2ccccc2)OC(=O)C1. The van der Waals surface area contributed by atoms with Gasteiger partial charge in [-0.1, -0.05) is 66.7 Å². The highest BCUT2D eigenvalue weighted by atomic mass is 16.6. The largest absolute Gasteiger partial charge is 0.628 e. The molecule has 0 aliphatic carbocycles. The lowest BCUT2D eigenvalue weighted by molar-refractivity contribution is -0.147. The second-order valence-electron chi connectivity index (χ2n) is 6.11. The Bertz CT molecular complexity index is 759. The van der Waals surface area contributed by atoms with Gasteiger partial charge < -0.3 is 9.31 Å². The zero-order valence-corrected chi connectivity index (χ0v) is 14.6. The zero-order valence-electron chi connectivity index (χ0n) is 14.6. The van der Waals surface area contributed by atoms with Crippen LogP contribution in [0.3, 0.4) is 0 Å². The van der Waals surface area contributed by atoms with Crippen molar-refractivity contribution in [2.75, 3.05) is 13.1 Å². The van der Waals surface area contributed by atoms with E-state index in [4.69, 9.17) is 9.31 Å². The van der Waals surface area contributed by atoms with Crippen LogP contribution in [-0.2, 0) is 18.9 Å². The Morgan fingerprint density at radius 1 is 0.923 bits per heavy atom. The van der Waals surface area contributed by atoms with Crippen molar-refractivity contribution in [3.05, 3.63) is 77.8 Å². The summed E-state index contributed by atoms with van der Waals surface area (Å²) < 4.78 is 10.6. The Hall–Kier alpha value is -2.86. The van der Waals surface area contributed by atoms with Crippen LogP contribution in [0, 0.1) is 0 Å². The maximum absolute atomic E-state index is 12.2. The molecule has 1 fully saturated rings. The minimum Gasteiger partial charge on any atom is -0.495 e. The van der Waals surface area contributed by atoms with Crippen LogP contribution in [0.1, 0.15) is 24.1 Å². The van der Waals surface area contributed by atoms with E-state index in [1.807, 2.05) is 67.6 Å². The fourth-order valence-electron chi connectivity index (χ4n) is 2.79. The number of hydrogen-bond donors (Lipinski definition) is 0. The molecule has 6 heteroatoms. The highest BCUT2D eigenvalue weighted by Crippen LogP contribution is 2.20. The van der Waals surface area contributed by atoms with Gasteiger partial charge in [-0.15, -0.1) is 0 Å². The minimum atomic E-state index is -1.01. The van der Waals surface area contributed by atoms with E-state index >= 15 is 0 Å². The zero-order chi connectivity index (χ0) is 18.4. The summed E-state index contributed by atoms with van der Waals surface area (Å²) in [6.07, 6.45) is 1.76. The minimum absolute atomic E-state index is 0.0286. The molecule has 1 heterocycles. The van der Waals surface area contributed by atoms with Gasteiger partial charge >= 0.3 is 19.1 Å². The van der Waals surface area contributed by atoms with Gasteiger partial charge in [0.05, 0.1) is 13.1 Å². The normalized spacial score (nSPS) is 17.3. The van der Waals surface area contributed by atoms with Gasteiger partial charge in [0, 0.05) is 6.04 Å². The average Bonchev–Trinajstić information content (AvgIpc) is 2.65. The molecule has 3 rings (SSSR count). The van der Waals surface area contributed by atoms with Gasteiger partial charge in [-0.3, -0.25) is 14.5 Å². The lowest BCUT2D eigenvalue weighted by Gasteiger charge is -2.30. The Morgan fingerprint density at radius 3 is 2.04 bits per heavy atom. The predicted octanol–water partition coefficient (Wildman–Crippen LogP) is 2.89. The number of nitrogens with zero attached hydrogens (tertiary/aromatic N) is 1. The van der Waals surface area contributed by atoms with Crippen LogP contribution in [0.5, 0.6) is 0 Å². The van der Waals surface area contributed by atoms with Gasteiger partial charge in [0.25, 0.3) is 0 Å². The van der Waals surface area contributed by atoms with E-state index in [0.717, 1.165) is 11.1 Å². The van der Waals surface area contributed by atoms with E-state index in [0.29, 0.717) is 0 Å². The number of carbonyl (C=O) groups excluding carboxylic acids is 2.